The zero-order valence-corrected chi connectivity index (χ0v) is 15.9. The van der Waals surface area contributed by atoms with Crippen molar-refractivity contribution in [1.29, 1.82) is 0 Å². The van der Waals surface area contributed by atoms with Gasteiger partial charge in [0.25, 0.3) is 5.91 Å². The summed E-state index contributed by atoms with van der Waals surface area (Å²) in [6.07, 6.45) is 1.57. The van der Waals surface area contributed by atoms with E-state index in [1.165, 1.54) is 0 Å². The summed E-state index contributed by atoms with van der Waals surface area (Å²) in [7, 11) is 0. The lowest BCUT2D eigenvalue weighted by Gasteiger charge is -2.36. The fourth-order valence-electron chi connectivity index (χ4n) is 3.46. The average molecular weight is 394 g/mol. The minimum Gasteiger partial charge on any atom is -0.378 e. The van der Waals surface area contributed by atoms with Crippen LogP contribution in [-0.2, 0) is 14.3 Å². The molecular formula is C19H24ClN3O4. The van der Waals surface area contributed by atoms with Crippen LogP contribution in [0.25, 0.3) is 0 Å². The molecular weight excluding hydrogens is 370 g/mol. The Labute approximate surface area is 163 Å². The van der Waals surface area contributed by atoms with Gasteiger partial charge in [-0.3, -0.25) is 14.4 Å². The molecule has 0 spiro atoms. The first-order valence-electron chi connectivity index (χ1n) is 9.23. The molecule has 8 heteroatoms. The topological polar surface area (TPSA) is 79.0 Å². The predicted octanol–water partition coefficient (Wildman–Crippen LogP) is 1.17. The highest BCUT2D eigenvalue weighted by Gasteiger charge is 2.31. The first kappa shape index (κ1) is 19.6. The zero-order chi connectivity index (χ0) is 19.2. The van der Waals surface area contributed by atoms with E-state index in [1.54, 1.807) is 29.2 Å². The van der Waals surface area contributed by atoms with Crippen LogP contribution in [0.2, 0.25) is 5.02 Å². The molecule has 1 aromatic carbocycles. The number of carbonyl (C=O) groups excluding carboxylic acids is 3. The van der Waals surface area contributed by atoms with E-state index in [2.05, 4.69) is 5.32 Å². The number of amides is 3. The van der Waals surface area contributed by atoms with Crippen LogP contribution in [-0.4, -0.2) is 73.5 Å². The standard InChI is InChI=1S/C19H24ClN3O4/c20-16-6-2-1-5-15(16)18(25)21-12-17(24)23-7-3-4-14(13-23)19(26)22-8-10-27-11-9-22/h1-2,5-6,14H,3-4,7-13H2,(H,21,25). The molecule has 1 N–H and O–H groups in total. The van der Waals surface area contributed by atoms with Crippen LogP contribution in [0.3, 0.4) is 0 Å². The molecule has 0 saturated carbocycles. The molecule has 2 saturated heterocycles. The molecule has 2 aliphatic rings. The summed E-state index contributed by atoms with van der Waals surface area (Å²) in [4.78, 5) is 40.8. The molecule has 0 aliphatic carbocycles. The quantitative estimate of drug-likeness (QED) is 0.832. The molecule has 0 bridgehead atoms. The fourth-order valence-corrected chi connectivity index (χ4v) is 3.68. The van der Waals surface area contributed by atoms with Crippen molar-refractivity contribution in [2.75, 3.05) is 45.9 Å². The number of hydrogen-bond acceptors (Lipinski definition) is 4. The van der Waals surface area contributed by atoms with E-state index in [0.29, 0.717) is 50.0 Å². The minimum absolute atomic E-state index is 0.0934. The van der Waals surface area contributed by atoms with E-state index in [1.807, 2.05) is 4.90 Å². The molecule has 3 rings (SSSR count). The molecule has 0 aromatic heterocycles. The molecule has 3 amide bonds. The summed E-state index contributed by atoms with van der Waals surface area (Å²) >= 11 is 6.00. The second-order valence-corrected chi connectivity index (χ2v) is 7.19. The zero-order valence-electron chi connectivity index (χ0n) is 15.2. The van der Waals surface area contributed by atoms with Crippen molar-refractivity contribution in [3.63, 3.8) is 0 Å². The Morgan fingerprint density at radius 1 is 1.11 bits per heavy atom. The predicted molar refractivity (Wildman–Crippen MR) is 100 cm³/mol. The van der Waals surface area contributed by atoms with Crippen molar-refractivity contribution in [2.45, 2.75) is 12.8 Å². The third kappa shape index (κ3) is 4.99. The normalized spacial score (nSPS) is 20.3. The van der Waals surface area contributed by atoms with Crippen LogP contribution >= 0.6 is 11.6 Å². The smallest absolute Gasteiger partial charge is 0.253 e. The molecule has 146 valence electrons. The lowest BCUT2D eigenvalue weighted by Crippen LogP contribution is -2.51. The highest BCUT2D eigenvalue weighted by Crippen LogP contribution is 2.20. The van der Waals surface area contributed by atoms with Crippen molar-refractivity contribution < 1.29 is 19.1 Å². The van der Waals surface area contributed by atoms with Gasteiger partial charge in [0.2, 0.25) is 11.8 Å². The molecule has 27 heavy (non-hydrogen) atoms. The first-order chi connectivity index (χ1) is 13.1. The Hall–Kier alpha value is -2.12. The highest BCUT2D eigenvalue weighted by atomic mass is 35.5. The number of benzene rings is 1. The Morgan fingerprint density at radius 3 is 2.59 bits per heavy atom. The third-order valence-corrected chi connectivity index (χ3v) is 5.29. The SMILES string of the molecule is O=C(NCC(=O)N1CCCC(C(=O)N2CCOCC2)C1)c1ccccc1Cl. The Balaban J connectivity index is 1.51. The van der Waals surface area contributed by atoms with Crippen LogP contribution < -0.4 is 5.32 Å². The van der Waals surface area contributed by atoms with Crippen molar-refractivity contribution in [2.24, 2.45) is 5.92 Å². The summed E-state index contributed by atoms with van der Waals surface area (Å²) in [5.41, 5.74) is 0.339. The van der Waals surface area contributed by atoms with Crippen molar-refractivity contribution in [1.82, 2.24) is 15.1 Å². The Bertz CT molecular complexity index is 706. The van der Waals surface area contributed by atoms with E-state index in [-0.39, 0.29) is 30.2 Å². The number of ether oxygens (including phenoxy) is 1. The van der Waals surface area contributed by atoms with Crippen LogP contribution in [0.15, 0.2) is 24.3 Å². The van der Waals surface area contributed by atoms with Gasteiger partial charge in [-0.15, -0.1) is 0 Å². The number of nitrogens with zero attached hydrogens (tertiary/aromatic N) is 2. The fraction of sp³-hybridized carbons (Fsp3) is 0.526. The summed E-state index contributed by atoms with van der Waals surface area (Å²) < 4.78 is 5.29. The monoisotopic (exact) mass is 393 g/mol. The highest BCUT2D eigenvalue weighted by molar-refractivity contribution is 6.33. The Morgan fingerprint density at radius 2 is 1.85 bits per heavy atom. The van der Waals surface area contributed by atoms with E-state index >= 15 is 0 Å². The number of halogens is 1. The average Bonchev–Trinajstić information content (AvgIpc) is 2.72. The van der Waals surface area contributed by atoms with Gasteiger partial charge in [-0.05, 0) is 25.0 Å². The molecule has 1 aromatic rings. The van der Waals surface area contributed by atoms with Crippen LogP contribution in [0.5, 0.6) is 0 Å². The van der Waals surface area contributed by atoms with Crippen molar-refractivity contribution in [3.8, 4) is 0 Å². The largest absolute Gasteiger partial charge is 0.378 e. The van der Waals surface area contributed by atoms with Gasteiger partial charge in [-0.25, -0.2) is 0 Å². The maximum atomic E-state index is 12.7. The van der Waals surface area contributed by atoms with E-state index < -0.39 is 0 Å². The van der Waals surface area contributed by atoms with E-state index in [0.717, 1.165) is 12.8 Å². The molecule has 1 unspecified atom stereocenters. The van der Waals surface area contributed by atoms with Gasteiger partial charge in [-0.1, -0.05) is 23.7 Å². The van der Waals surface area contributed by atoms with Crippen LogP contribution in [0.4, 0.5) is 0 Å². The number of hydrogen-bond donors (Lipinski definition) is 1. The number of nitrogens with one attached hydrogen (secondary N) is 1. The number of piperidine rings is 1. The third-order valence-electron chi connectivity index (χ3n) is 4.96. The Kier molecular flexibility index (Phi) is 6.68. The molecule has 2 aliphatic heterocycles. The van der Waals surface area contributed by atoms with Crippen molar-refractivity contribution in [3.05, 3.63) is 34.9 Å². The maximum Gasteiger partial charge on any atom is 0.253 e. The van der Waals surface area contributed by atoms with Gasteiger partial charge in [0.05, 0.1) is 36.3 Å². The van der Waals surface area contributed by atoms with Gasteiger partial charge in [0, 0.05) is 26.2 Å². The van der Waals surface area contributed by atoms with Gasteiger partial charge in [0.15, 0.2) is 0 Å². The first-order valence-corrected chi connectivity index (χ1v) is 9.61. The van der Waals surface area contributed by atoms with Crippen LogP contribution in [0.1, 0.15) is 23.2 Å². The molecule has 1 atom stereocenters. The van der Waals surface area contributed by atoms with Gasteiger partial charge in [-0.2, -0.15) is 0 Å². The summed E-state index contributed by atoms with van der Waals surface area (Å²) in [6, 6.07) is 6.70. The van der Waals surface area contributed by atoms with Crippen LogP contribution in [0, 0.1) is 5.92 Å². The molecule has 2 fully saturated rings. The van der Waals surface area contributed by atoms with Gasteiger partial charge < -0.3 is 19.9 Å². The summed E-state index contributed by atoms with van der Waals surface area (Å²) in [6.45, 7) is 3.24. The van der Waals surface area contributed by atoms with Gasteiger partial charge in [0.1, 0.15) is 0 Å². The number of morpholine rings is 1. The second kappa shape index (κ2) is 9.19. The lowest BCUT2D eigenvalue weighted by molar-refractivity contribution is -0.143. The number of carbonyl (C=O) groups is 3. The summed E-state index contributed by atoms with van der Waals surface area (Å²) in [5.74, 6) is -0.655. The van der Waals surface area contributed by atoms with Gasteiger partial charge >= 0.3 is 0 Å². The van der Waals surface area contributed by atoms with Crippen molar-refractivity contribution >= 4 is 29.3 Å². The second-order valence-electron chi connectivity index (χ2n) is 6.78. The summed E-state index contributed by atoms with van der Waals surface area (Å²) in [5, 5.41) is 2.96. The number of likely N-dealkylation sites (tertiary alicyclic amines) is 1. The number of rotatable bonds is 4. The van der Waals surface area contributed by atoms with E-state index in [4.69, 9.17) is 16.3 Å². The molecule has 2 heterocycles. The van der Waals surface area contributed by atoms with E-state index in [9.17, 15) is 14.4 Å². The molecule has 7 nitrogen and oxygen atoms in total. The molecule has 0 radical (unpaired) electrons. The maximum absolute atomic E-state index is 12.7. The minimum atomic E-state index is -0.382. The lowest BCUT2D eigenvalue weighted by atomic mass is 9.96.